The Morgan fingerprint density at radius 1 is 1.73 bits per heavy atom. The normalized spacial score (nSPS) is 9.45. The molecule has 0 spiro atoms. The van der Waals surface area contributed by atoms with Crippen LogP contribution in [0.15, 0.2) is 5.38 Å². The van der Waals surface area contributed by atoms with Gasteiger partial charge in [0, 0.05) is 11.8 Å². The first-order valence-electron chi connectivity index (χ1n) is 3.41. The van der Waals surface area contributed by atoms with Crippen molar-refractivity contribution in [2.75, 3.05) is 6.54 Å². The van der Waals surface area contributed by atoms with Gasteiger partial charge in [-0.2, -0.15) is 5.26 Å². The second-order valence-electron chi connectivity index (χ2n) is 2.13. The number of hydrogen-bond acceptors (Lipinski definition) is 4. The third-order valence-corrected chi connectivity index (χ3v) is 2.17. The van der Waals surface area contributed by atoms with Crippen molar-refractivity contribution in [3.05, 3.63) is 16.1 Å². The Labute approximate surface area is 69.5 Å². The molecule has 0 bridgehead atoms. The lowest BCUT2D eigenvalue weighted by molar-refractivity contribution is 0.825. The molecule has 0 amide bonds. The summed E-state index contributed by atoms with van der Waals surface area (Å²) in [4.78, 5) is 4.07. The Bertz CT molecular complexity index is 261. The van der Waals surface area contributed by atoms with Gasteiger partial charge >= 0.3 is 0 Å². The first-order chi connectivity index (χ1) is 5.36. The molecule has 0 aliphatic carbocycles. The Balaban J connectivity index is 2.53. The van der Waals surface area contributed by atoms with Gasteiger partial charge in [-0.05, 0) is 13.0 Å². The fraction of sp³-hybridized carbons (Fsp3) is 0.429. The van der Waals surface area contributed by atoms with Gasteiger partial charge in [0.2, 0.25) is 0 Å². The third kappa shape index (κ3) is 2.30. The Kier molecular flexibility index (Phi) is 3.02. The molecule has 1 aromatic rings. The SMILES string of the molecule is N#Cc1csc(CCCN)n1. The average molecular weight is 167 g/mol. The third-order valence-electron chi connectivity index (χ3n) is 1.26. The van der Waals surface area contributed by atoms with E-state index in [2.05, 4.69) is 4.98 Å². The van der Waals surface area contributed by atoms with Gasteiger partial charge in [-0.3, -0.25) is 0 Å². The zero-order valence-corrected chi connectivity index (χ0v) is 6.90. The topological polar surface area (TPSA) is 62.7 Å². The maximum absolute atomic E-state index is 8.45. The Hall–Kier alpha value is -0.920. The summed E-state index contributed by atoms with van der Waals surface area (Å²) in [5, 5.41) is 11.2. The summed E-state index contributed by atoms with van der Waals surface area (Å²) < 4.78 is 0. The number of hydrogen-bond donors (Lipinski definition) is 1. The van der Waals surface area contributed by atoms with Gasteiger partial charge < -0.3 is 5.73 Å². The van der Waals surface area contributed by atoms with Gasteiger partial charge in [0.1, 0.15) is 6.07 Å². The van der Waals surface area contributed by atoms with Crippen molar-refractivity contribution in [2.24, 2.45) is 5.73 Å². The number of aryl methyl sites for hydroxylation is 1. The van der Waals surface area contributed by atoms with Crippen LogP contribution in [0.4, 0.5) is 0 Å². The van der Waals surface area contributed by atoms with Gasteiger partial charge in [0.25, 0.3) is 0 Å². The van der Waals surface area contributed by atoms with Crippen molar-refractivity contribution < 1.29 is 0 Å². The first-order valence-corrected chi connectivity index (χ1v) is 4.29. The molecule has 0 aromatic carbocycles. The molecule has 2 N–H and O–H groups in total. The molecule has 1 rings (SSSR count). The van der Waals surface area contributed by atoms with E-state index in [0.717, 1.165) is 17.8 Å². The molecular weight excluding hydrogens is 158 g/mol. The van der Waals surface area contributed by atoms with Crippen molar-refractivity contribution >= 4 is 11.3 Å². The zero-order chi connectivity index (χ0) is 8.10. The molecule has 4 heteroatoms. The van der Waals surface area contributed by atoms with Crippen molar-refractivity contribution in [1.82, 2.24) is 4.98 Å². The largest absolute Gasteiger partial charge is 0.330 e. The smallest absolute Gasteiger partial charge is 0.151 e. The fourth-order valence-electron chi connectivity index (χ4n) is 0.730. The van der Waals surface area contributed by atoms with E-state index < -0.39 is 0 Å². The maximum atomic E-state index is 8.45. The lowest BCUT2D eigenvalue weighted by Crippen LogP contribution is -1.99. The molecule has 1 aromatic heterocycles. The first kappa shape index (κ1) is 8.18. The molecule has 0 unspecified atom stereocenters. The number of nitrogens with two attached hydrogens (primary N) is 1. The van der Waals surface area contributed by atoms with E-state index in [1.807, 2.05) is 6.07 Å². The molecule has 11 heavy (non-hydrogen) atoms. The molecule has 0 aliphatic heterocycles. The van der Waals surface area contributed by atoms with E-state index in [-0.39, 0.29) is 0 Å². The zero-order valence-electron chi connectivity index (χ0n) is 6.08. The van der Waals surface area contributed by atoms with Crippen LogP contribution in [-0.4, -0.2) is 11.5 Å². The molecule has 0 radical (unpaired) electrons. The van der Waals surface area contributed by atoms with Gasteiger partial charge in [-0.15, -0.1) is 11.3 Å². The molecule has 3 nitrogen and oxygen atoms in total. The van der Waals surface area contributed by atoms with Crippen molar-refractivity contribution in [2.45, 2.75) is 12.8 Å². The van der Waals surface area contributed by atoms with Crippen LogP contribution in [-0.2, 0) is 6.42 Å². The highest BCUT2D eigenvalue weighted by Gasteiger charge is 1.98. The second-order valence-corrected chi connectivity index (χ2v) is 3.07. The number of nitrogens with zero attached hydrogens (tertiary/aromatic N) is 2. The molecule has 0 aliphatic rings. The summed E-state index contributed by atoms with van der Waals surface area (Å²) in [5.74, 6) is 0. The quantitative estimate of drug-likeness (QED) is 0.727. The van der Waals surface area contributed by atoms with E-state index in [4.69, 9.17) is 11.0 Å². The molecule has 0 fully saturated rings. The van der Waals surface area contributed by atoms with E-state index in [0.29, 0.717) is 12.2 Å². The highest BCUT2D eigenvalue weighted by molar-refractivity contribution is 7.09. The van der Waals surface area contributed by atoms with E-state index >= 15 is 0 Å². The number of nitriles is 1. The van der Waals surface area contributed by atoms with Gasteiger partial charge in [0.05, 0.1) is 5.01 Å². The van der Waals surface area contributed by atoms with Gasteiger partial charge in [0.15, 0.2) is 5.69 Å². The van der Waals surface area contributed by atoms with Crippen molar-refractivity contribution in [1.29, 1.82) is 5.26 Å². The van der Waals surface area contributed by atoms with Crippen LogP contribution in [0.5, 0.6) is 0 Å². The predicted molar refractivity (Wildman–Crippen MR) is 44.2 cm³/mol. The predicted octanol–water partition coefficient (Wildman–Crippen LogP) is 0.906. The number of aromatic nitrogens is 1. The molecule has 58 valence electrons. The van der Waals surface area contributed by atoms with E-state index in [1.54, 1.807) is 5.38 Å². The Morgan fingerprint density at radius 3 is 3.09 bits per heavy atom. The summed E-state index contributed by atoms with van der Waals surface area (Å²) in [6.45, 7) is 0.682. The Morgan fingerprint density at radius 2 is 2.55 bits per heavy atom. The average Bonchev–Trinajstić information content (AvgIpc) is 2.48. The number of thiazole rings is 1. The maximum Gasteiger partial charge on any atom is 0.151 e. The highest BCUT2D eigenvalue weighted by atomic mass is 32.1. The summed E-state index contributed by atoms with van der Waals surface area (Å²) >= 11 is 1.52. The van der Waals surface area contributed by atoms with Crippen LogP contribution in [0.2, 0.25) is 0 Å². The summed E-state index contributed by atoms with van der Waals surface area (Å²) in [5.41, 5.74) is 5.84. The highest BCUT2D eigenvalue weighted by Crippen LogP contribution is 2.10. The molecule has 0 saturated heterocycles. The van der Waals surface area contributed by atoms with Gasteiger partial charge in [-0.25, -0.2) is 4.98 Å². The van der Waals surface area contributed by atoms with Crippen LogP contribution >= 0.6 is 11.3 Å². The van der Waals surface area contributed by atoms with Gasteiger partial charge in [-0.1, -0.05) is 0 Å². The molecule has 1 heterocycles. The lowest BCUT2D eigenvalue weighted by Gasteiger charge is -1.89. The molecule has 0 saturated carbocycles. The van der Waals surface area contributed by atoms with Crippen LogP contribution in [0.1, 0.15) is 17.1 Å². The minimum absolute atomic E-state index is 0.516. The van der Waals surface area contributed by atoms with Crippen molar-refractivity contribution in [3.63, 3.8) is 0 Å². The van der Waals surface area contributed by atoms with Crippen LogP contribution in [0, 0.1) is 11.3 Å². The summed E-state index contributed by atoms with van der Waals surface area (Å²) in [6.07, 6.45) is 1.83. The summed E-state index contributed by atoms with van der Waals surface area (Å²) in [6, 6.07) is 1.99. The minimum atomic E-state index is 0.516. The number of rotatable bonds is 3. The standard InChI is InChI=1S/C7H9N3S/c8-3-1-2-7-10-6(4-9)5-11-7/h5H,1-3,8H2. The fourth-order valence-corrected chi connectivity index (χ4v) is 1.50. The van der Waals surface area contributed by atoms with E-state index in [1.165, 1.54) is 11.3 Å². The molecule has 0 atom stereocenters. The van der Waals surface area contributed by atoms with Crippen LogP contribution < -0.4 is 5.73 Å². The second kappa shape index (κ2) is 4.06. The molecular formula is C7H9N3S. The lowest BCUT2D eigenvalue weighted by atomic mass is 10.3. The van der Waals surface area contributed by atoms with E-state index in [9.17, 15) is 0 Å². The summed E-state index contributed by atoms with van der Waals surface area (Å²) in [7, 11) is 0. The van der Waals surface area contributed by atoms with Crippen LogP contribution in [0.3, 0.4) is 0 Å². The minimum Gasteiger partial charge on any atom is -0.330 e. The van der Waals surface area contributed by atoms with Crippen LogP contribution in [0.25, 0.3) is 0 Å². The monoisotopic (exact) mass is 167 g/mol. The van der Waals surface area contributed by atoms with Crippen molar-refractivity contribution in [3.8, 4) is 6.07 Å².